The summed E-state index contributed by atoms with van der Waals surface area (Å²) < 4.78 is 10.0. The third-order valence-corrected chi connectivity index (χ3v) is 3.22. The second-order valence-corrected chi connectivity index (χ2v) is 5.28. The lowest BCUT2D eigenvalue weighted by Gasteiger charge is -2.09. The van der Waals surface area contributed by atoms with Crippen LogP contribution in [0, 0.1) is 0 Å². The molecule has 0 saturated carbocycles. The molecule has 1 N–H and O–H groups in total. The van der Waals surface area contributed by atoms with Crippen LogP contribution < -0.4 is 10.1 Å². The third-order valence-electron chi connectivity index (χ3n) is 2.67. The summed E-state index contributed by atoms with van der Waals surface area (Å²) in [4.78, 5) is 23.2. The fourth-order valence-electron chi connectivity index (χ4n) is 1.62. The van der Waals surface area contributed by atoms with Crippen LogP contribution in [0.25, 0.3) is 0 Å². The van der Waals surface area contributed by atoms with Gasteiger partial charge in [-0.25, -0.2) is 4.79 Å². The fraction of sp³-hybridized carbons (Fsp3) is 0.125. The van der Waals surface area contributed by atoms with E-state index in [9.17, 15) is 9.59 Å². The summed E-state index contributed by atoms with van der Waals surface area (Å²) in [5.74, 6) is -0.615. The Morgan fingerprint density at radius 3 is 2.43 bits per heavy atom. The molecular formula is C16H13Cl2NO4. The van der Waals surface area contributed by atoms with Crippen LogP contribution in [0.4, 0.5) is 5.69 Å². The first-order valence-corrected chi connectivity index (χ1v) is 7.38. The Hall–Kier alpha value is -2.24. The zero-order valence-corrected chi connectivity index (χ0v) is 13.4. The molecule has 120 valence electrons. The average Bonchev–Trinajstić information content (AvgIpc) is 2.54. The number of carbonyl (C=O) groups is 2. The van der Waals surface area contributed by atoms with E-state index in [1.165, 1.54) is 6.07 Å². The average molecular weight is 354 g/mol. The van der Waals surface area contributed by atoms with Crippen molar-refractivity contribution < 1.29 is 19.1 Å². The normalized spacial score (nSPS) is 10.0. The molecule has 1 amide bonds. The lowest BCUT2D eigenvalue weighted by atomic mass is 10.3. The zero-order chi connectivity index (χ0) is 16.7. The number of rotatable bonds is 6. The monoisotopic (exact) mass is 353 g/mol. The predicted molar refractivity (Wildman–Crippen MR) is 88.0 cm³/mol. The molecule has 0 unspecified atom stereocenters. The van der Waals surface area contributed by atoms with Gasteiger partial charge < -0.3 is 14.8 Å². The maximum Gasteiger partial charge on any atom is 0.344 e. The van der Waals surface area contributed by atoms with Crippen LogP contribution in [0.15, 0.2) is 48.5 Å². The summed E-state index contributed by atoms with van der Waals surface area (Å²) in [6, 6.07) is 13.5. The zero-order valence-electron chi connectivity index (χ0n) is 11.9. The number of para-hydroxylation sites is 1. The summed E-state index contributed by atoms with van der Waals surface area (Å²) in [7, 11) is 0. The number of benzene rings is 2. The van der Waals surface area contributed by atoms with Gasteiger partial charge in [0.25, 0.3) is 5.91 Å². The number of ether oxygens (including phenoxy) is 2. The second kappa shape index (κ2) is 8.41. The van der Waals surface area contributed by atoms with Crippen molar-refractivity contribution in [1.29, 1.82) is 0 Å². The molecule has 0 saturated heterocycles. The van der Waals surface area contributed by atoms with E-state index < -0.39 is 18.5 Å². The minimum atomic E-state index is -0.647. The number of halogens is 2. The van der Waals surface area contributed by atoms with Crippen molar-refractivity contribution in [3.05, 3.63) is 58.6 Å². The Labute approximate surface area is 143 Å². The van der Waals surface area contributed by atoms with Crippen LogP contribution in [-0.2, 0) is 14.3 Å². The van der Waals surface area contributed by atoms with Crippen LogP contribution in [0.2, 0.25) is 10.0 Å². The molecule has 0 aliphatic carbocycles. The highest BCUT2D eigenvalue weighted by Gasteiger charge is 2.10. The summed E-state index contributed by atoms with van der Waals surface area (Å²) >= 11 is 11.7. The Morgan fingerprint density at radius 2 is 1.74 bits per heavy atom. The quantitative estimate of drug-likeness (QED) is 0.806. The Bertz CT molecular complexity index is 692. The molecule has 2 rings (SSSR count). The van der Waals surface area contributed by atoms with E-state index in [1.54, 1.807) is 36.4 Å². The lowest BCUT2D eigenvalue weighted by molar-refractivity contribution is -0.149. The number of esters is 1. The second-order valence-electron chi connectivity index (χ2n) is 4.43. The summed E-state index contributed by atoms with van der Waals surface area (Å²) in [5, 5.41) is 3.27. The minimum Gasteiger partial charge on any atom is -0.482 e. The van der Waals surface area contributed by atoms with Crippen molar-refractivity contribution in [2.24, 2.45) is 0 Å². The van der Waals surface area contributed by atoms with Gasteiger partial charge in [0, 0.05) is 5.02 Å². The minimum absolute atomic E-state index is 0.279. The van der Waals surface area contributed by atoms with E-state index >= 15 is 0 Å². The topological polar surface area (TPSA) is 64.6 Å². The molecule has 0 fully saturated rings. The molecule has 0 aliphatic rings. The van der Waals surface area contributed by atoms with Gasteiger partial charge in [-0.3, -0.25) is 4.79 Å². The Morgan fingerprint density at radius 1 is 1.00 bits per heavy atom. The van der Waals surface area contributed by atoms with Gasteiger partial charge in [0.1, 0.15) is 5.75 Å². The molecule has 23 heavy (non-hydrogen) atoms. The van der Waals surface area contributed by atoms with Crippen molar-refractivity contribution in [3.63, 3.8) is 0 Å². The smallest absolute Gasteiger partial charge is 0.344 e. The van der Waals surface area contributed by atoms with Crippen LogP contribution in [-0.4, -0.2) is 25.1 Å². The standard InChI is InChI=1S/C16H13Cl2NO4/c17-11-6-7-14(13(18)8-11)19-15(20)9-23-16(21)10-22-12-4-2-1-3-5-12/h1-8H,9-10H2,(H,19,20). The van der Waals surface area contributed by atoms with Crippen molar-refractivity contribution in [2.75, 3.05) is 18.5 Å². The molecule has 7 heteroatoms. The number of amides is 1. The van der Waals surface area contributed by atoms with E-state index in [1.807, 2.05) is 6.07 Å². The van der Waals surface area contributed by atoms with Crippen molar-refractivity contribution in [3.8, 4) is 5.75 Å². The molecule has 2 aromatic carbocycles. The molecule has 0 atom stereocenters. The predicted octanol–water partition coefficient (Wildman–Crippen LogP) is 3.55. The summed E-state index contributed by atoms with van der Waals surface area (Å²) in [6.45, 7) is -0.713. The van der Waals surface area contributed by atoms with Gasteiger partial charge in [-0.2, -0.15) is 0 Å². The molecule has 2 aromatic rings. The maximum absolute atomic E-state index is 11.7. The highest BCUT2D eigenvalue weighted by Crippen LogP contribution is 2.25. The number of anilines is 1. The Balaban J connectivity index is 1.74. The molecule has 0 aromatic heterocycles. The number of carbonyl (C=O) groups excluding carboxylic acids is 2. The SMILES string of the molecule is O=C(COC(=O)COc1ccccc1)Nc1ccc(Cl)cc1Cl. The summed E-state index contributed by atoms with van der Waals surface area (Å²) in [6.07, 6.45) is 0. The van der Waals surface area contributed by atoms with Gasteiger partial charge >= 0.3 is 5.97 Å². The molecule has 0 radical (unpaired) electrons. The lowest BCUT2D eigenvalue weighted by Crippen LogP contribution is -2.23. The van der Waals surface area contributed by atoms with Crippen LogP contribution in [0.5, 0.6) is 5.75 Å². The molecule has 0 heterocycles. The Kier molecular flexibility index (Phi) is 6.26. The third kappa shape index (κ3) is 5.81. The van der Waals surface area contributed by atoms with Gasteiger partial charge in [0.15, 0.2) is 13.2 Å². The van der Waals surface area contributed by atoms with Crippen LogP contribution >= 0.6 is 23.2 Å². The van der Waals surface area contributed by atoms with Gasteiger partial charge in [0.2, 0.25) is 0 Å². The van der Waals surface area contributed by atoms with Crippen molar-refractivity contribution in [2.45, 2.75) is 0 Å². The molecule has 0 aliphatic heterocycles. The number of hydrogen-bond donors (Lipinski definition) is 1. The van der Waals surface area contributed by atoms with Gasteiger partial charge in [-0.15, -0.1) is 0 Å². The fourth-order valence-corrected chi connectivity index (χ4v) is 2.08. The van der Waals surface area contributed by atoms with Gasteiger partial charge in [-0.05, 0) is 30.3 Å². The first kappa shape index (κ1) is 17.1. The number of hydrogen-bond acceptors (Lipinski definition) is 4. The number of nitrogens with one attached hydrogen (secondary N) is 1. The maximum atomic E-state index is 11.7. The van der Waals surface area contributed by atoms with E-state index in [2.05, 4.69) is 5.32 Å². The van der Waals surface area contributed by atoms with Crippen molar-refractivity contribution in [1.82, 2.24) is 0 Å². The first-order chi connectivity index (χ1) is 11.0. The first-order valence-electron chi connectivity index (χ1n) is 6.63. The highest BCUT2D eigenvalue weighted by molar-refractivity contribution is 6.36. The van der Waals surface area contributed by atoms with Crippen LogP contribution in [0.3, 0.4) is 0 Å². The van der Waals surface area contributed by atoms with Gasteiger partial charge in [0.05, 0.1) is 10.7 Å². The molecule has 0 bridgehead atoms. The van der Waals surface area contributed by atoms with E-state index in [0.717, 1.165) is 0 Å². The molecule has 5 nitrogen and oxygen atoms in total. The summed E-state index contributed by atoms with van der Waals surface area (Å²) in [5.41, 5.74) is 0.387. The van der Waals surface area contributed by atoms with E-state index in [-0.39, 0.29) is 6.61 Å². The molecule has 0 spiro atoms. The molecular weight excluding hydrogens is 341 g/mol. The van der Waals surface area contributed by atoms with Crippen LogP contribution in [0.1, 0.15) is 0 Å². The van der Waals surface area contributed by atoms with E-state index in [4.69, 9.17) is 32.7 Å². The largest absolute Gasteiger partial charge is 0.482 e. The van der Waals surface area contributed by atoms with Crippen molar-refractivity contribution >= 4 is 40.8 Å². The van der Waals surface area contributed by atoms with Gasteiger partial charge in [-0.1, -0.05) is 41.4 Å². The highest BCUT2D eigenvalue weighted by atomic mass is 35.5. The van der Waals surface area contributed by atoms with E-state index in [0.29, 0.717) is 21.5 Å².